The highest BCUT2D eigenvalue weighted by atomic mass is 32.2. The van der Waals surface area contributed by atoms with Crippen molar-refractivity contribution < 1.29 is 9.47 Å². The summed E-state index contributed by atoms with van der Waals surface area (Å²) >= 11 is 4.15. The van der Waals surface area contributed by atoms with E-state index in [4.69, 9.17) is 9.47 Å². The molecule has 21 heavy (non-hydrogen) atoms. The molecule has 0 bridgehead atoms. The van der Waals surface area contributed by atoms with E-state index >= 15 is 0 Å². The van der Waals surface area contributed by atoms with Gasteiger partial charge < -0.3 is 14.8 Å². The lowest BCUT2D eigenvalue weighted by Gasteiger charge is -2.28. The fraction of sp³-hybridized carbons (Fsp3) is 0.625. The zero-order valence-corrected chi connectivity index (χ0v) is 14.1. The van der Waals surface area contributed by atoms with E-state index in [9.17, 15) is 0 Å². The molecule has 0 aromatic heterocycles. The Morgan fingerprint density at radius 3 is 2.86 bits per heavy atom. The summed E-state index contributed by atoms with van der Waals surface area (Å²) in [4.78, 5) is 0. The Labute approximate surface area is 135 Å². The molecule has 1 aromatic rings. The molecule has 1 saturated heterocycles. The Kier molecular flexibility index (Phi) is 5.61. The molecule has 2 heterocycles. The maximum atomic E-state index is 5.95. The first kappa shape index (κ1) is 15.4. The van der Waals surface area contributed by atoms with Crippen molar-refractivity contribution in [2.75, 3.05) is 43.3 Å². The van der Waals surface area contributed by atoms with Gasteiger partial charge in [0.1, 0.15) is 0 Å². The number of methoxy groups -OCH3 is 1. The quantitative estimate of drug-likeness (QED) is 0.920. The van der Waals surface area contributed by atoms with Crippen molar-refractivity contribution in [3.05, 3.63) is 23.8 Å². The number of ether oxygens (including phenoxy) is 2. The number of para-hydroxylation sites is 1. The summed E-state index contributed by atoms with van der Waals surface area (Å²) < 4.78 is 11.3. The normalized spacial score (nSPS) is 23.0. The lowest BCUT2D eigenvalue weighted by Crippen LogP contribution is -2.39. The van der Waals surface area contributed by atoms with Gasteiger partial charge in [0.05, 0.1) is 13.7 Å². The van der Waals surface area contributed by atoms with Crippen molar-refractivity contribution in [2.45, 2.75) is 12.5 Å². The Morgan fingerprint density at radius 1 is 1.29 bits per heavy atom. The number of hydrogen-bond donors (Lipinski definition) is 1. The van der Waals surface area contributed by atoms with E-state index in [1.807, 2.05) is 6.07 Å². The zero-order valence-electron chi connectivity index (χ0n) is 12.5. The smallest absolute Gasteiger partial charge is 0.164 e. The van der Waals surface area contributed by atoms with Crippen LogP contribution in [0.1, 0.15) is 5.56 Å². The molecule has 0 amide bonds. The van der Waals surface area contributed by atoms with E-state index in [1.165, 1.54) is 28.6 Å². The summed E-state index contributed by atoms with van der Waals surface area (Å²) in [5.41, 5.74) is 1.28. The second-order valence-electron chi connectivity index (χ2n) is 5.58. The summed E-state index contributed by atoms with van der Waals surface area (Å²) in [5, 5.41) is 3.74. The molecule has 0 radical (unpaired) electrons. The highest BCUT2D eigenvalue weighted by Crippen LogP contribution is 2.35. The highest BCUT2D eigenvalue weighted by Gasteiger charge is 2.23. The van der Waals surface area contributed by atoms with Crippen molar-refractivity contribution in [3.63, 3.8) is 0 Å². The SMILES string of the molecule is COc1cccc2c1OCC(CNC1CSCCSC1)C2. The molecule has 3 rings (SSSR count). The Hall–Kier alpha value is -0.520. The van der Waals surface area contributed by atoms with Crippen molar-refractivity contribution in [1.29, 1.82) is 0 Å². The molecule has 2 aliphatic heterocycles. The van der Waals surface area contributed by atoms with Crippen LogP contribution >= 0.6 is 23.5 Å². The van der Waals surface area contributed by atoms with Gasteiger partial charge in [-0.2, -0.15) is 23.5 Å². The molecule has 0 saturated carbocycles. The molecular formula is C16H23NO2S2. The van der Waals surface area contributed by atoms with Crippen LogP contribution in [0.5, 0.6) is 11.5 Å². The highest BCUT2D eigenvalue weighted by molar-refractivity contribution is 8.03. The van der Waals surface area contributed by atoms with Gasteiger partial charge >= 0.3 is 0 Å². The molecule has 5 heteroatoms. The lowest BCUT2D eigenvalue weighted by atomic mass is 9.96. The molecular weight excluding hydrogens is 302 g/mol. The van der Waals surface area contributed by atoms with Crippen LogP contribution in [0.2, 0.25) is 0 Å². The summed E-state index contributed by atoms with van der Waals surface area (Å²) in [6, 6.07) is 6.82. The fourth-order valence-corrected chi connectivity index (χ4v) is 5.28. The van der Waals surface area contributed by atoms with Gasteiger partial charge in [0.15, 0.2) is 11.5 Å². The molecule has 0 spiro atoms. The first-order valence-electron chi connectivity index (χ1n) is 7.54. The topological polar surface area (TPSA) is 30.5 Å². The summed E-state index contributed by atoms with van der Waals surface area (Å²) in [7, 11) is 1.70. The monoisotopic (exact) mass is 325 g/mol. The van der Waals surface area contributed by atoms with E-state index in [2.05, 4.69) is 41.0 Å². The molecule has 1 aromatic carbocycles. The molecule has 1 atom stereocenters. The standard InChI is InChI=1S/C16H23NO2S2/c1-18-15-4-2-3-13-7-12(9-19-16(13)15)8-17-14-10-20-5-6-21-11-14/h2-4,12,14,17H,5-11H2,1H3. The van der Waals surface area contributed by atoms with Crippen LogP contribution in [0.15, 0.2) is 18.2 Å². The summed E-state index contributed by atoms with van der Waals surface area (Å²) in [5.74, 6) is 7.43. The molecule has 1 N–H and O–H groups in total. The molecule has 0 aliphatic carbocycles. The Morgan fingerprint density at radius 2 is 2.10 bits per heavy atom. The molecule has 1 fully saturated rings. The van der Waals surface area contributed by atoms with Gasteiger partial charge in [0.2, 0.25) is 0 Å². The van der Waals surface area contributed by atoms with Gasteiger partial charge in [-0.1, -0.05) is 12.1 Å². The summed E-state index contributed by atoms with van der Waals surface area (Å²) in [6.45, 7) is 1.83. The van der Waals surface area contributed by atoms with Crippen LogP contribution in [0.3, 0.4) is 0 Å². The second-order valence-corrected chi connectivity index (χ2v) is 7.88. The van der Waals surface area contributed by atoms with E-state index in [0.29, 0.717) is 12.0 Å². The van der Waals surface area contributed by atoms with Gasteiger partial charge in [0.25, 0.3) is 0 Å². The molecule has 3 nitrogen and oxygen atoms in total. The fourth-order valence-electron chi connectivity index (χ4n) is 2.82. The predicted octanol–water partition coefficient (Wildman–Crippen LogP) is 2.68. The first-order valence-corrected chi connectivity index (χ1v) is 9.85. The second kappa shape index (κ2) is 7.65. The van der Waals surface area contributed by atoms with Crippen LogP contribution in [0, 0.1) is 5.92 Å². The minimum Gasteiger partial charge on any atom is -0.493 e. The van der Waals surface area contributed by atoms with Crippen molar-refractivity contribution in [1.82, 2.24) is 5.32 Å². The van der Waals surface area contributed by atoms with Gasteiger partial charge in [-0.25, -0.2) is 0 Å². The van der Waals surface area contributed by atoms with Crippen molar-refractivity contribution in [2.24, 2.45) is 5.92 Å². The molecule has 1 unspecified atom stereocenters. The maximum Gasteiger partial charge on any atom is 0.164 e. The van der Waals surface area contributed by atoms with Gasteiger partial charge in [-0.15, -0.1) is 0 Å². The number of thioether (sulfide) groups is 2. The van der Waals surface area contributed by atoms with Crippen molar-refractivity contribution >= 4 is 23.5 Å². The Bertz CT molecular complexity index is 462. The van der Waals surface area contributed by atoms with Crippen LogP contribution in [-0.4, -0.2) is 49.3 Å². The number of hydrogen-bond acceptors (Lipinski definition) is 5. The number of fused-ring (bicyclic) bond motifs is 1. The third-order valence-electron chi connectivity index (χ3n) is 3.96. The van der Waals surface area contributed by atoms with Gasteiger partial charge in [0, 0.05) is 41.5 Å². The third-order valence-corrected chi connectivity index (χ3v) is 6.48. The van der Waals surface area contributed by atoms with E-state index < -0.39 is 0 Å². The Balaban J connectivity index is 1.54. The lowest BCUT2D eigenvalue weighted by molar-refractivity contribution is 0.207. The van der Waals surface area contributed by atoms with Crippen LogP contribution < -0.4 is 14.8 Å². The van der Waals surface area contributed by atoms with Gasteiger partial charge in [-0.3, -0.25) is 0 Å². The number of rotatable bonds is 4. The maximum absolute atomic E-state index is 5.95. The minimum absolute atomic E-state index is 0.558. The number of benzene rings is 1. The average Bonchev–Trinajstić information content (AvgIpc) is 2.80. The van der Waals surface area contributed by atoms with Crippen LogP contribution in [0.4, 0.5) is 0 Å². The van der Waals surface area contributed by atoms with E-state index in [1.54, 1.807) is 7.11 Å². The van der Waals surface area contributed by atoms with E-state index in [0.717, 1.165) is 31.1 Å². The predicted molar refractivity (Wildman–Crippen MR) is 92.1 cm³/mol. The molecule has 116 valence electrons. The first-order chi connectivity index (χ1) is 10.4. The van der Waals surface area contributed by atoms with E-state index in [-0.39, 0.29) is 0 Å². The van der Waals surface area contributed by atoms with Crippen molar-refractivity contribution in [3.8, 4) is 11.5 Å². The average molecular weight is 325 g/mol. The number of nitrogens with one attached hydrogen (secondary N) is 1. The van der Waals surface area contributed by atoms with Crippen LogP contribution in [0.25, 0.3) is 0 Å². The van der Waals surface area contributed by atoms with Gasteiger partial charge in [-0.05, 0) is 18.1 Å². The largest absolute Gasteiger partial charge is 0.493 e. The zero-order chi connectivity index (χ0) is 14.5. The minimum atomic E-state index is 0.558. The third kappa shape index (κ3) is 4.02. The van der Waals surface area contributed by atoms with Crippen LogP contribution in [-0.2, 0) is 6.42 Å². The molecule has 2 aliphatic rings. The summed E-state index contributed by atoms with van der Waals surface area (Å²) in [6.07, 6.45) is 1.08.